The first-order valence-electron chi connectivity index (χ1n) is 9.89. The summed E-state index contributed by atoms with van der Waals surface area (Å²) in [6.45, 7) is 7.45. The second-order valence-corrected chi connectivity index (χ2v) is 12.6. The number of ketones is 1. The van der Waals surface area contributed by atoms with E-state index in [-0.39, 0.29) is 11.0 Å². The molecule has 2 aromatic rings. The maximum absolute atomic E-state index is 12.2. The molecule has 1 atom stereocenters. The molecule has 2 nitrogen and oxygen atoms in total. The normalized spacial score (nSPS) is 17.9. The molecular weight excluding hydrogens is 348 g/mol. The predicted octanol–water partition coefficient (Wildman–Crippen LogP) is 4.49. The molecule has 0 heterocycles. The van der Waals surface area contributed by atoms with E-state index in [4.69, 9.17) is 4.43 Å². The lowest BCUT2D eigenvalue weighted by Gasteiger charge is -2.43. The Morgan fingerprint density at radius 1 is 0.963 bits per heavy atom. The zero-order valence-electron chi connectivity index (χ0n) is 16.7. The topological polar surface area (TPSA) is 26.3 Å². The van der Waals surface area contributed by atoms with E-state index in [9.17, 15) is 4.79 Å². The SMILES string of the molecule is CC(C)(C)[Si](OCC[C@H]1C=CCCC1=O)(c1ccccc1)c1ccccc1. The van der Waals surface area contributed by atoms with Gasteiger partial charge in [0.25, 0.3) is 8.32 Å². The lowest BCUT2D eigenvalue weighted by atomic mass is 9.92. The van der Waals surface area contributed by atoms with Gasteiger partial charge >= 0.3 is 0 Å². The van der Waals surface area contributed by atoms with Crippen LogP contribution >= 0.6 is 0 Å². The maximum atomic E-state index is 12.2. The highest BCUT2D eigenvalue weighted by atomic mass is 28.4. The first-order chi connectivity index (χ1) is 12.9. The summed E-state index contributed by atoms with van der Waals surface area (Å²) in [5, 5.41) is 2.55. The summed E-state index contributed by atoms with van der Waals surface area (Å²) in [5.74, 6) is 0.362. The number of Topliss-reactive ketones (excluding diaryl/α,β-unsaturated/α-hetero) is 1. The molecule has 0 N–H and O–H groups in total. The highest BCUT2D eigenvalue weighted by Crippen LogP contribution is 2.37. The van der Waals surface area contributed by atoms with Gasteiger partial charge in [0, 0.05) is 18.9 Å². The molecule has 0 fully saturated rings. The van der Waals surface area contributed by atoms with E-state index >= 15 is 0 Å². The van der Waals surface area contributed by atoms with E-state index in [2.05, 4.69) is 93.6 Å². The second-order valence-electron chi connectivity index (χ2n) is 8.34. The van der Waals surface area contributed by atoms with Crippen LogP contribution in [0.1, 0.15) is 40.0 Å². The zero-order chi connectivity index (χ0) is 19.3. The van der Waals surface area contributed by atoms with E-state index in [0.717, 1.165) is 12.8 Å². The Morgan fingerprint density at radius 2 is 1.52 bits per heavy atom. The molecule has 1 aliphatic carbocycles. The van der Waals surface area contributed by atoms with Crippen LogP contribution in [0.15, 0.2) is 72.8 Å². The van der Waals surface area contributed by atoms with Crippen LogP contribution in [0, 0.1) is 5.92 Å². The quantitative estimate of drug-likeness (QED) is 0.547. The van der Waals surface area contributed by atoms with Gasteiger partial charge in [0.15, 0.2) is 0 Å². The Morgan fingerprint density at radius 3 is 2.00 bits per heavy atom. The molecule has 0 aromatic heterocycles. The Labute approximate surface area is 164 Å². The van der Waals surface area contributed by atoms with Crippen LogP contribution in [0.2, 0.25) is 5.04 Å². The van der Waals surface area contributed by atoms with E-state index in [1.165, 1.54) is 10.4 Å². The molecule has 27 heavy (non-hydrogen) atoms. The molecule has 0 radical (unpaired) electrons. The van der Waals surface area contributed by atoms with Gasteiger partial charge in [-0.1, -0.05) is 93.6 Å². The number of rotatable bonds is 6. The average molecular weight is 379 g/mol. The summed E-state index contributed by atoms with van der Waals surface area (Å²) in [4.78, 5) is 12.2. The second kappa shape index (κ2) is 8.36. The van der Waals surface area contributed by atoms with E-state index in [1.54, 1.807) is 0 Å². The Kier molecular flexibility index (Phi) is 6.13. The van der Waals surface area contributed by atoms with Gasteiger partial charge in [-0.25, -0.2) is 0 Å². The fraction of sp³-hybridized carbons (Fsp3) is 0.375. The molecule has 0 saturated carbocycles. The molecule has 3 rings (SSSR count). The lowest BCUT2D eigenvalue weighted by Crippen LogP contribution is -2.66. The third-order valence-corrected chi connectivity index (χ3v) is 10.5. The van der Waals surface area contributed by atoms with Crippen LogP contribution in [0.3, 0.4) is 0 Å². The van der Waals surface area contributed by atoms with Crippen LogP contribution in [0.5, 0.6) is 0 Å². The summed E-state index contributed by atoms with van der Waals surface area (Å²) >= 11 is 0. The minimum Gasteiger partial charge on any atom is -0.407 e. The van der Waals surface area contributed by atoms with Crippen molar-refractivity contribution in [2.75, 3.05) is 6.61 Å². The summed E-state index contributed by atoms with van der Waals surface area (Å²) in [7, 11) is -2.49. The van der Waals surface area contributed by atoms with Gasteiger partial charge in [0.1, 0.15) is 5.78 Å². The zero-order valence-corrected chi connectivity index (χ0v) is 17.7. The standard InChI is InChI=1S/C24H30O2Si/c1-24(2,3)27(21-13-6-4-7-14-21,22-15-8-5-9-16-22)26-19-18-20-12-10-11-17-23(20)25/h4-10,12-16,20H,11,17-19H2,1-3H3/t20-/m1/s1. The first kappa shape index (κ1) is 19.8. The number of hydrogen-bond acceptors (Lipinski definition) is 2. The van der Waals surface area contributed by atoms with E-state index in [0.29, 0.717) is 18.8 Å². The number of carbonyl (C=O) groups is 1. The van der Waals surface area contributed by atoms with Gasteiger partial charge in [0.05, 0.1) is 0 Å². The van der Waals surface area contributed by atoms with Gasteiger partial charge in [-0.05, 0) is 28.3 Å². The van der Waals surface area contributed by atoms with Gasteiger partial charge in [-0.15, -0.1) is 0 Å². The number of hydrogen-bond donors (Lipinski definition) is 0. The highest BCUT2D eigenvalue weighted by Gasteiger charge is 2.50. The lowest BCUT2D eigenvalue weighted by molar-refractivity contribution is -0.122. The smallest absolute Gasteiger partial charge is 0.261 e. The van der Waals surface area contributed by atoms with Crippen LogP contribution in [0.4, 0.5) is 0 Å². The molecule has 0 amide bonds. The van der Waals surface area contributed by atoms with Crippen molar-refractivity contribution >= 4 is 24.5 Å². The number of carbonyl (C=O) groups excluding carboxylic acids is 1. The summed E-state index contributed by atoms with van der Waals surface area (Å²) in [6.07, 6.45) is 6.51. The van der Waals surface area contributed by atoms with Crippen molar-refractivity contribution in [3.05, 3.63) is 72.8 Å². The first-order valence-corrected chi connectivity index (χ1v) is 11.8. The molecule has 2 aromatic carbocycles. The molecule has 0 unspecified atom stereocenters. The predicted molar refractivity (Wildman–Crippen MR) is 115 cm³/mol. The van der Waals surface area contributed by atoms with Crippen LogP contribution in [-0.2, 0) is 9.22 Å². The Balaban J connectivity index is 1.95. The van der Waals surface area contributed by atoms with Gasteiger partial charge in [-0.2, -0.15) is 0 Å². The van der Waals surface area contributed by atoms with Crippen molar-refractivity contribution in [3.8, 4) is 0 Å². The number of allylic oxidation sites excluding steroid dienone is 2. The Bertz CT molecular complexity index is 736. The Hall–Kier alpha value is -1.97. The van der Waals surface area contributed by atoms with Crippen molar-refractivity contribution in [2.24, 2.45) is 5.92 Å². The summed E-state index contributed by atoms with van der Waals surface area (Å²) in [6, 6.07) is 21.3. The van der Waals surface area contributed by atoms with Crippen LogP contribution in [0.25, 0.3) is 0 Å². The molecule has 0 bridgehead atoms. The van der Waals surface area contributed by atoms with Crippen LogP contribution < -0.4 is 10.4 Å². The highest BCUT2D eigenvalue weighted by molar-refractivity contribution is 6.99. The average Bonchev–Trinajstić information content (AvgIpc) is 2.67. The minimum atomic E-state index is -2.49. The fourth-order valence-electron chi connectivity index (χ4n) is 4.14. The molecule has 142 valence electrons. The van der Waals surface area contributed by atoms with Crippen molar-refractivity contribution in [2.45, 2.75) is 45.1 Å². The maximum Gasteiger partial charge on any atom is 0.261 e. The third-order valence-electron chi connectivity index (χ3n) is 5.50. The van der Waals surface area contributed by atoms with Gasteiger partial charge < -0.3 is 4.43 Å². The largest absolute Gasteiger partial charge is 0.407 e. The third kappa shape index (κ3) is 4.15. The molecule has 0 saturated heterocycles. The molecule has 1 aliphatic rings. The van der Waals surface area contributed by atoms with Crippen molar-refractivity contribution in [3.63, 3.8) is 0 Å². The molecule has 3 heteroatoms. The molecular formula is C24H30O2Si. The van der Waals surface area contributed by atoms with E-state index in [1.807, 2.05) is 0 Å². The van der Waals surface area contributed by atoms with Gasteiger partial charge in [0.2, 0.25) is 0 Å². The van der Waals surface area contributed by atoms with Crippen molar-refractivity contribution in [1.82, 2.24) is 0 Å². The minimum absolute atomic E-state index is 0.0111. The van der Waals surface area contributed by atoms with Crippen molar-refractivity contribution < 1.29 is 9.22 Å². The number of benzene rings is 2. The summed E-state index contributed by atoms with van der Waals surface area (Å²) < 4.78 is 6.87. The summed E-state index contributed by atoms with van der Waals surface area (Å²) in [5.41, 5.74) is 0. The van der Waals surface area contributed by atoms with Gasteiger partial charge in [-0.3, -0.25) is 4.79 Å². The van der Waals surface area contributed by atoms with Crippen LogP contribution in [-0.4, -0.2) is 20.7 Å². The fourth-order valence-corrected chi connectivity index (χ4v) is 8.72. The monoisotopic (exact) mass is 378 g/mol. The molecule has 0 spiro atoms. The van der Waals surface area contributed by atoms with E-state index < -0.39 is 8.32 Å². The van der Waals surface area contributed by atoms with Crippen molar-refractivity contribution in [1.29, 1.82) is 0 Å². The molecule has 0 aliphatic heterocycles.